The van der Waals surface area contributed by atoms with E-state index in [4.69, 9.17) is 4.99 Å². The number of carbonyl (C=O) groups excluding carboxylic acids is 1. The maximum absolute atomic E-state index is 11.9. The van der Waals surface area contributed by atoms with Crippen LogP contribution in [0.1, 0.15) is 47.0 Å². The Morgan fingerprint density at radius 3 is 2.50 bits per heavy atom. The topological polar surface area (TPSA) is 60.0 Å². The maximum Gasteiger partial charge on any atom is 0.225 e. The number of hydrogen-bond donors (Lipinski definition) is 2. The lowest BCUT2D eigenvalue weighted by Crippen LogP contribution is -2.43. The predicted molar refractivity (Wildman–Crippen MR) is 99.2 cm³/mol. The monoisotopic (exact) mass is 337 g/mol. The van der Waals surface area contributed by atoms with Crippen molar-refractivity contribution in [2.75, 3.05) is 45.8 Å². The van der Waals surface area contributed by atoms with Crippen LogP contribution in [-0.4, -0.2) is 73.5 Å². The van der Waals surface area contributed by atoms with Gasteiger partial charge in [-0.2, -0.15) is 0 Å². The Kier molecular flexibility index (Phi) is 6.90. The van der Waals surface area contributed by atoms with Gasteiger partial charge in [0, 0.05) is 37.6 Å². The van der Waals surface area contributed by atoms with Crippen LogP contribution in [0.15, 0.2) is 4.99 Å². The molecule has 2 aliphatic rings. The molecule has 1 unspecified atom stereocenters. The molecule has 138 valence electrons. The molecule has 0 aliphatic carbocycles. The van der Waals surface area contributed by atoms with Gasteiger partial charge in [0.25, 0.3) is 0 Å². The first-order valence-electron chi connectivity index (χ1n) is 9.47. The molecule has 0 bridgehead atoms. The van der Waals surface area contributed by atoms with Gasteiger partial charge in [-0.05, 0) is 39.3 Å². The Morgan fingerprint density at radius 1 is 1.17 bits per heavy atom. The Bertz CT molecular complexity index is 437. The molecule has 2 saturated heterocycles. The second kappa shape index (κ2) is 8.70. The van der Waals surface area contributed by atoms with E-state index in [0.717, 1.165) is 25.6 Å². The summed E-state index contributed by atoms with van der Waals surface area (Å²) in [5.74, 6) is 1.07. The van der Waals surface area contributed by atoms with Crippen LogP contribution in [0, 0.1) is 5.41 Å². The first-order valence-corrected chi connectivity index (χ1v) is 9.47. The minimum absolute atomic E-state index is 0.0815. The summed E-state index contributed by atoms with van der Waals surface area (Å²) in [6.07, 6.45) is 3.92. The van der Waals surface area contributed by atoms with Crippen molar-refractivity contribution < 1.29 is 4.79 Å². The third-order valence-corrected chi connectivity index (χ3v) is 4.79. The number of carbonyl (C=O) groups is 1. The molecule has 1 atom stereocenters. The highest BCUT2D eigenvalue weighted by atomic mass is 16.2. The van der Waals surface area contributed by atoms with Crippen LogP contribution in [0.3, 0.4) is 0 Å². The Hall–Kier alpha value is -1.30. The summed E-state index contributed by atoms with van der Waals surface area (Å²) in [6.45, 7) is 14.6. The molecule has 0 spiro atoms. The highest BCUT2D eigenvalue weighted by molar-refractivity contribution is 5.81. The highest BCUT2D eigenvalue weighted by Gasteiger charge is 2.30. The quantitative estimate of drug-likeness (QED) is 0.451. The Labute approximate surface area is 147 Å². The van der Waals surface area contributed by atoms with Gasteiger partial charge in [-0.15, -0.1) is 0 Å². The van der Waals surface area contributed by atoms with Gasteiger partial charge < -0.3 is 15.5 Å². The molecule has 2 N–H and O–H groups in total. The molecule has 0 radical (unpaired) electrons. The molecule has 6 nitrogen and oxygen atoms in total. The zero-order valence-electron chi connectivity index (χ0n) is 15.9. The van der Waals surface area contributed by atoms with Crippen LogP contribution in [-0.2, 0) is 4.79 Å². The molecular formula is C18H35N5O. The summed E-state index contributed by atoms with van der Waals surface area (Å²) in [6, 6.07) is 0.678. The molecule has 0 aromatic carbocycles. The summed E-state index contributed by atoms with van der Waals surface area (Å²) < 4.78 is 0. The molecule has 24 heavy (non-hydrogen) atoms. The van der Waals surface area contributed by atoms with E-state index in [1.165, 1.54) is 32.4 Å². The second-order valence-electron chi connectivity index (χ2n) is 7.87. The fraction of sp³-hybridized carbons (Fsp3) is 0.889. The zero-order chi connectivity index (χ0) is 17.6. The van der Waals surface area contributed by atoms with Gasteiger partial charge in [0.15, 0.2) is 5.96 Å². The van der Waals surface area contributed by atoms with Crippen molar-refractivity contribution in [3.05, 3.63) is 0 Å². The molecule has 0 aromatic heterocycles. The summed E-state index contributed by atoms with van der Waals surface area (Å²) in [4.78, 5) is 21.6. The van der Waals surface area contributed by atoms with E-state index in [-0.39, 0.29) is 11.3 Å². The van der Waals surface area contributed by atoms with E-state index in [1.807, 2.05) is 20.8 Å². The lowest BCUT2D eigenvalue weighted by molar-refractivity contribution is -0.128. The van der Waals surface area contributed by atoms with Crippen LogP contribution in [0.4, 0.5) is 0 Å². The third kappa shape index (κ3) is 5.36. The molecule has 6 heteroatoms. The van der Waals surface area contributed by atoms with Crippen LogP contribution >= 0.6 is 0 Å². The number of amides is 1. The third-order valence-electron chi connectivity index (χ3n) is 4.79. The van der Waals surface area contributed by atoms with E-state index in [9.17, 15) is 4.79 Å². The summed E-state index contributed by atoms with van der Waals surface area (Å²) in [5.41, 5.74) is -0.341. The van der Waals surface area contributed by atoms with Gasteiger partial charge in [0.05, 0.1) is 6.54 Å². The number of likely N-dealkylation sites (tertiary alicyclic amines) is 2. The summed E-state index contributed by atoms with van der Waals surface area (Å²) >= 11 is 0. The van der Waals surface area contributed by atoms with E-state index in [0.29, 0.717) is 19.1 Å². The maximum atomic E-state index is 11.9. The standard InChI is InChI=1S/C18H35N5O/c1-5-19-17(21-10-9-20-16(24)18(2,3)4)23-13-8-15(14-23)22-11-6-7-12-22/h15H,5-14H2,1-4H3,(H,19,21)(H,20,24). The lowest BCUT2D eigenvalue weighted by Gasteiger charge is -2.25. The number of guanidine groups is 1. The van der Waals surface area contributed by atoms with Crippen molar-refractivity contribution in [2.24, 2.45) is 10.4 Å². The summed E-state index contributed by atoms with van der Waals surface area (Å²) in [7, 11) is 0. The van der Waals surface area contributed by atoms with Crippen molar-refractivity contribution in [3.63, 3.8) is 0 Å². The minimum Gasteiger partial charge on any atom is -0.357 e. The van der Waals surface area contributed by atoms with Gasteiger partial charge in [-0.1, -0.05) is 20.8 Å². The number of rotatable bonds is 5. The number of nitrogens with one attached hydrogen (secondary N) is 2. The van der Waals surface area contributed by atoms with Crippen LogP contribution in [0.2, 0.25) is 0 Å². The van der Waals surface area contributed by atoms with Crippen LogP contribution in [0.25, 0.3) is 0 Å². The van der Waals surface area contributed by atoms with Crippen molar-refractivity contribution in [2.45, 2.75) is 53.0 Å². The van der Waals surface area contributed by atoms with Crippen LogP contribution < -0.4 is 10.6 Å². The number of nitrogens with zero attached hydrogens (tertiary/aromatic N) is 3. The molecule has 2 aliphatic heterocycles. The lowest BCUT2D eigenvalue weighted by atomic mass is 9.96. The zero-order valence-corrected chi connectivity index (χ0v) is 15.9. The molecule has 2 fully saturated rings. The average Bonchev–Trinajstić information content (AvgIpc) is 3.19. The van der Waals surface area contributed by atoms with Crippen molar-refractivity contribution >= 4 is 11.9 Å². The molecule has 2 heterocycles. The van der Waals surface area contributed by atoms with E-state index < -0.39 is 0 Å². The first kappa shape index (κ1) is 19.0. The van der Waals surface area contributed by atoms with Crippen LogP contribution in [0.5, 0.6) is 0 Å². The molecule has 0 aromatic rings. The Morgan fingerprint density at radius 2 is 1.88 bits per heavy atom. The molecule has 1 amide bonds. The van der Waals surface area contributed by atoms with Crippen molar-refractivity contribution in [1.29, 1.82) is 0 Å². The summed E-state index contributed by atoms with van der Waals surface area (Å²) in [5, 5.41) is 6.36. The first-order chi connectivity index (χ1) is 11.4. The normalized spacial score (nSPS) is 22.9. The van der Waals surface area contributed by atoms with E-state index in [2.05, 4.69) is 27.4 Å². The van der Waals surface area contributed by atoms with Gasteiger partial charge >= 0.3 is 0 Å². The average molecular weight is 338 g/mol. The van der Waals surface area contributed by atoms with Crippen molar-refractivity contribution in [3.8, 4) is 0 Å². The van der Waals surface area contributed by atoms with Gasteiger partial charge in [0.2, 0.25) is 5.91 Å². The van der Waals surface area contributed by atoms with Crippen molar-refractivity contribution in [1.82, 2.24) is 20.4 Å². The van der Waals surface area contributed by atoms with Gasteiger partial charge in [-0.25, -0.2) is 0 Å². The predicted octanol–water partition coefficient (Wildman–Crippen LogP) is 1.28. The number of aliphatic imine (C=N–C) groups is 1. The highest BCUT2D eigenvalue weighted by Crippen LogP contribution is 2.20. The Balaban J connectivity index is 1.81. The fourth-order valence-electron chi connectivity index (χ4n) is 3.36. The smallest absolute Gasteiger partial charge is 0.225 e. The molecule has 0 saturated carbocycles. The number of hydrogen-bond acceptors (Lipinski definition) is 3. The van der Waals surface area contributed by atoms with Gasteiger partial charge in [-0.3, -0.25) is 14.7 Å². The largest absolute Gasteiger partial charge is 0.357 e. The minimum atomic E-state index is -0.341. The molecule has 2 rings (SSSR count). The SMILES string of the molecule is CCNC(=NCCNC(=O)C(C)(C)C)N1CCC(N2CCCC2)C1. The van der Waals surface area contributed by atoms with E-state index in [1.54, 1.807) is 0 Å². The van der Waals surface area contributed by atoms with Gasteiger partial charge in [0.1, 0.15) is 0 Å². The second-order valence-corrected chi connectivity index (χ2v) is 7.87. The fourth-order valence-corrected chi connectivity index (χ4v) is 3.36. The molecular weight excluding hydrogens is 302 g/mol. The van der Waals surface area contributed by atoms with E-state index >= 15 is 0 Å².